The van der Waals surface area contributed by atoms with Gasteiger partial charge in [0.05, 0.1) is 11.3 Å². The van der Waals surface area contributed by atoms with Gasteiger partial charge in [-0.3, -0.25) is 4.68 Å². The molecule has 0 N–H and O–H groups in total. The van der Waals surface area contributed by atoms with E-state index in [9.17, 15) is 22.0 Å². The Morgan fingerprint density at radius 1 is 1.25 bits per heavy atom. The molecular formula is C13H15F5N2. The zero-order valence-corrected chi connectivity index (χ0v) is 10.8. The highest BCUT2D eigenvalue weighted by molar-refractivity contribution is 5.27. The second-order valence-corrected chi connectivity index (χ2v) is 5.89. The molecule has 3 rings (SSSR count). The summed E-state index contributed by atoms with van der Waals surface area (Å²) in [6.07, 6.45) is -2.09. The molecule has 1 aromatic rings. The maximum atomic E-state index is 13.1. The molecule has 2 aliphatic carbocycles. The van der Waals surface area contributed by atoms with Gasteiger partial charge in [-0.25, -0.2) is 8.78 Å². The number of halogens is 5. The van der Waals surface area contributed by atoms with Crippen molar-refractivity contribution in [3.63, 3.8) is 0 Å². The molecule has 20 heavy (non-hydrogen) atoms. The van der Waals surface area contributed by atoms with E-state index < -0.39 is 17.7 Å². The third-order valence-electron chi connectivity index (χ3n) is 4.01. The Morgan fingerprint density at radius 3 is 2.45 bits per heavy atom. The van der Waals surface area contributed by atoms with Gasteiger partial charge in [0.2, 0.25) is 5.92 Å². The van der Waals surface area contributed by atoms with Crippen molar-refractivity contribution in [2.45, 2.75) is 56.7 Å². The van der Waals surface area contributed by atoms with Crippen molar-refractivity contribution in [3.05, 3.63) is 17.5 Å². The lowest BCUT2D eigenvalue weighted by molar-refractivity contribution is -0.138. The van der Waals surface area contributed by atoms with Crippen molar-refractivity contribution in [1.29, 1.82) is 0 Å². The summed E-state index contributed by atoms with van der Waals surface area (Å²) in [5.74, 6) is -3.08. The van der Waals surface area contributed by atoms with Crippen LogP contribution >= 0.6 is 0 Å². The van der Waals surface area contributed by atoms with Gasteiger partial charge in [-0.1, -0.05) is 0 Å². The normalized spacial score (nSPS) is 26.1. The summed E-state index contributed by atoms with van der Waals surface area (Å²) in [5.41, 5.74) is -0.619. The van der Waals surface area contributed by atoms with Gasteiger partial charge in [-0.05, 0) is 25.2 Å². The zero-order valence-electron chi connectivity index (χ0n) is 10.8. The van der Waals surface area contributed by atoms with Crippen molar-refractivity contribution in [2.75, 3.05) is 0 Å². The Bertz CT molecular complexity index is 501. The molecule has 0 aromatic carbocycles. The highest BCUT2D eigenvalue weighted by Crippen LogP contribution is 2.45. The van der Waals surface area contributed by atoms with Crippen LogP contribution in [-0.4, -0.2) is 15.7 Å². The standard InChI is InChI=1S/C13H15F5N2/c14-12(15)4-3-8(5-12)6-20-7-10(13(16,17)18)11(19-20)9-1-2-9/h7-9H,1-6H2/t8-/m1/s1. The van der Waals surface area contributed by atoms with Crippen LogP contribution in [0.25, 0.3) is 0 Å². The van der Waals surface area contributed by atoms with Gasteiger partial charge >= 0.3 is 6.18 Å². The zero-order chi connectivity index (χ0) is 14.5. The highest BCUT2D eigenvalue weighted by Gasteiger charge is 2.42. The Hall–Kier alpha value is -1.14. The first-order valence-corrected chi connectivity index (χ1v) is 6.77. The minimum atomic E-state index is -4.42. The molecule has 112 valence electrons. The van der Waals surface area contributed by atoms with E-state index in [1.807, 2.05) is 0 Å². The average Bonchev–Trinajstić information content (AvgIpc) is 2.97. The van der Waals surface area contributed by atoms with Gasteiger partial charge in [-0.2, -0.15) is 18.3 Å². The Kier molecular flexibility index (Phi) is 3.06. The van der Waals surface area contributed by atoms with E-state index in [-0.39, 0.29) is 36.9 Å². The topological polar surface area (TPSA) is 17.8 Å². The van der Waals surface area contributed by atoms with Gasteiger partial charge < -0.3 is 0 Å². The molecule has 0 spiro atoms. The molecule has 1 heterocycles. The summed E-state index contributed by atoms with van der Waals surface area (Å²) in [6.45, 7) is 0.144. The van der Waals surface area contributed by atoms with Gasteiger partial charge in [0, 0.05) is 31.5 Å². The first-order chi connectivity index (χ1) is 9.24. The van der Waals surface area contributed by atoms with Crippen LogP contribution in [0, 0.1) is 5.92 Å². The molecule has 0 bridgehead atoms. The van der Waals surface area contributed by atoms with Crippen molar-refractivity contribution >= 4 is 0 Å². The number of aromatic nitrogens is 2. The summed E-state index contributed by atoms with van der Waals surface area (Å²) < 4.78 is 66.1. The van der Waals surface area contributed by atoms with E-state index in [1.54, 1.807) is 0 Å². The lowest BCUT2D eigenvalue weighted by Gasteiger charge is -2.10. The van der Waals surface area contributed by atoms with Crippen LogP contribution in [-0.2, 0) is 12.7 Å². The smallest absolute Gasteiger partial charge is 0.272 e. The monoisotopic (exact) mass is 294 g/mol. The Balaban J connectivity index is 1.77. The quantitative estimate of drug-likeness (QED) is 0.763. The maximum absolute atomic E-state index is 13.1. The summed E-state index contributed by atoms with van der Waals surface area (Å²) in [4.78, 5) is 0. The number of rotatable bonds is 3. The van der Waals surface area contributed by atoms with Gasteiger partial charge in [0.15, 0.2) is 0 Å². The second-order valence-electron chi connectivity index (χ2n) is 5.89. The molecular weight excluding hydrogens is 279 g/mol. The van der Waals surface area contributed by atoms with Gasteiger partial charge in [0.1, 0.15) is 0 Å². The largest absolute Gasteiger partial charge is 0.419 e. The van der Waals surface area contributed by atoms with Crippen molar-refractivity contribution < 1.29 is 22.0 Å². The lowest BCUT2D eigenvalue weighted by atomic mass is 10.1. The van der Waals surface area contributed by atoms with E-state index in [0.717, 1.165) is 19.0 Å². The molecule has 2 saturated carbocycles. The predicted octanol–water partition coefficient (Wildman–Crippen LogP) is 4.21. The minimum Gasteiger partial charge on any atom is -0.272 e. The molecule has 2 fully saturated rings. The SMILES string of the molecule is FC1(F)CC[C@@H](Cn2cc(C(F)(F)F)c(C3CC3)n2)C1. The third-order valence-corrected chi connectivity index (χ3v) is 4.01. The van der Waals surface area contributed by atoms with Crippen LogP contribution < -0.4 is 0 Å². The fourth-order valence-corrected chi connectivity index (χ4v) is 2.87. The number of nitrogens with zero attached hydrogens (tertiary/aromatic N) is 2. The molecule has 0 radical (unpaired) electrons. The highest BCUT2D eigenvalue weighted by atomic mass is 19.4. The van der Waals surface area contributed by atoms with Gasteiger partial charge in [-0.15, -0.1) is 0 Å². The van der Waals surface area contributed by atoms with Crippen LogP contribution in [0.3, 0.4) is 0 Å². The molecule has 0 amide bonds. The fraction of sp³-hybridized carbons (Fsp3) is 0.769. The van der Waals surface area contributed by atoms with Crippen LogP contribution in [0.4, 0.5) is 22.0 Å². The Morgan fingerprint density at radius 2 is 1.95 bits per heavy atom. The average molecular weight is 294 g/mol. The van der Waals surface area contributed by atoms with Crippen LogP contribution in [0.2, 0.25) is 0 Å². The maximum Gasteiger partial charge on any atom is 0.419 e. The van der Waals surface area contributed by atoms with Gasteiger partial charge in [0.25, 0.3) is 0 Å². The van der Waals surface area contributed by atoms with E-state index in [1.165, 1.54) is 4.68 Å². The van der Waals surface area contributed by atoms with Crippen LogP contribution in [0.15, 0.2) is 6.20 Å². The first kappa shape index (κ1) is 13.8. The molecule has 1 aromatic heterocycles. The summed E-state index contributed by atoms with van der Waals surface area (Å²) in [6, 6.07) is 0. The van der Waals surface area contributed by atoms with E-state index in [4.69, 9.17) is 0 Å². The molecule has 0 unspecified atom stereocenters. The number of hydrogen-bond acceptors (Lipinski definition) is 1. The van der Waals surface area contributed by atoms with Crippen LogP contribution in [0.5, 0.6) is 0 Å². The molecule has 2 nitrogen and oxygen atoms in total. The molecule has 2 aliphatic rings. The summed E-state index contributed by atoms with van der Waals surface area (Å²) in [5, 5.41) is 4.00. The third kappa shape index (κ3) is 2.81. The van der Waals surface area contributed by atoms with E-state index in [2.05, 4.69) is 5.10 Å². The number of hydrogen-bond donors (Lipinski definition) is 0. The predicted molar refractivity (Wildman–Crippen MR) is 61.5 cm³/mol. The molecule has 1 atom stereocenters. The summed E-state index contributed by atoms with van der Waals surface area (Å²) >= 11 is 0. The molecule has 0 aliphatic heterocycles. The summed E-state index contributed by atoms with van der Waals surface area (Å²) in [7, 11) is 0. The second kappa shape index (κ2) is 4.43. The molecule has 0 saturated heterocycles. The fourth-order valence-electron chi connectivity index (χ4n) is 2.87. The van der Waals surface area contributed by atoms with Crippen LogP contribution in [0.1, 0.15) is 49.3 Å². The minimum absolute atomic E-state index is 0.0854. The lowest BCUT2D eigenvalue weighted by Crippen LogP contribution is -2.13. The van der Waals surface area contributed by atoms with Crippen molar-refractivity contribution in [2.24, 2.45) is 5.92 Å². The Labute approximate surface area is 113 Å². The molecule has 7 heteroatoms. The van der Waals surface area contributed by atoms with E-state index in [0.29, 0.717) is 6.42 Å². The van der Waals surface area contributed by atoms with Crippen molar-refractivity contribution in [3.8, 4) is 0 Å². The first-order valence-electron chi connectivity index (χ1n) is 6.77. The number of alkyl halides is 5. The van der Waals surface area contributed by atoms with E-state index >= 15 is 0 Å². The van der Waals surface area contributed by atoms with Crippen molar-refractivity contribution in [1.82, 2.24) is 9.78 Å².